The Kier molecular flexibility index (Phi) is 7.52. The van der Waals surface area contributed by atoms with E-state index in [1.54, 1.807) is 26.0 Å². The number of nitrogens with zero attached hydrogens (tertiary/aromatic N) is 2. The van der Waals surface area contributed by atoms with E-state index < -0.39 is 25.8 Å². The number of amides is 1. The first-order valence-corrected chi connectivity index (χ1v) is 14.9. The van der Waals surface area contributed by atoms with Crippen LogP contribution >= 0.6 is 11.8 Å². The number of morpholine rings is 1. The first-order chi connectivity index (χ1) is 16.6. The largest absolute Gasteiger partial charge is 0.431 e. The van der Waals surface area contributed by atoms with Gasteiger partial charge in [0.1, 0.15) is 10.4 Å². The van der Waals surface area contributed by atoms with Crippen molar-refractivity contribution in [1.82, 2.24) is 9.29 Å². The Morgan fingerprint density at radius 3 is 2.57 bits per heavy atom. The van der Waals surface area contributed by atoms with E-state index in [4.69, 9.17) is 9.15 Å². The summed E-state index contributed by atoms with van der Waals surface area (Å²) >= 11 is 1.02. The third kappa shape index (κ3) is 5.70. The van der Waals surface area contributed by atoms with Gasteiger partial charge in [-0.25, -0.2) is 21.8 Å². The zero-order valence-electron chi connectivity index (χ0n) is 19.2. The van der Waals surface area contributed by atoms with E-state index in [0.717, 1.165) is 17.3 Å². The van der Waals surface area contributed by atoms with Crippen molar-refractivity contribution < 1.29 is 30.8 Å². The van der Waals surface area contributed by atoms with E-state index in [9.17, 15) is 21.6 Å². The number of aromatic nitrogens is 1. The summed E-state index contributed by atoms with van der Waals surface area (Å²) in [5.41, 5.74) is 1.72. The van der Waals surface area contributed by atoms with Crippen LogP contribution in [0.2, 0.25) is 0 Å². The van der Waals surface area contributed by atoms with Gasteiger partial charge in [0.25, 0.3) is 5.22 Å². The van der Waals surface area contributed by atoms with E-state index in [1.165, 1.54) is 28.6 Å². The minimum Gasteiger partial charge on any atom is -0.431 e. The van der Waals surface area contributed by atoms with Gasteiger partial charge in [-0.15, -0.1) is 0 Å². The minimum absolute atomic E-state index is 0.0274. The van der Waals surface area contributed by atoms with Gasteiger partial charge in [0.2, 0.25) is 15.9 Å². The van der Waals surface area contributed by atoms with Crippen molar-refractivity contribution in [1.29, 1.82) is 0 Å². The second-order valence-electron chi connectivity index (χ2n) is 7.87. The number of carbonyl (C=O) groups excluding carboxylic acids is 1. The van der Waals surface area contributed by atoms with Crippen LogP contribution in [0.25, 0.3) is 11.1 Å². The molecule has 2 heterocycles. The lowest BCUT2D eigenvalue weighted by Crippen LogP contribution is -2.41. The van der Waals surface area contributed by atoms with Crippen LogP contribution in [0.15, 0.2) is 55.8 Å². The summed E-state index contributed by atoms with van der Waals surface area (Å²) < 4.78 is 62.8. The first-order valence-electron chi connectivity index (χ1n) is 10.8. The number of benzene rings is 2. The number of rotatable bonds is 8. The number of fused-ring (bicyclic) bond motifs is 1. The number of ether oxygens (including phenoxy) is 1. The van der Waals surface area contributed by atoms with Crippen molar-refractivity contribution in [2.45, 2.75) is 28.9 Å². The fourth-order valence-electron chi connectivity index (χ4n) is 3.49. The first kappa shape index (κ1) is 25.6. The van der Waals surface area contributed by atoms with Crippen LogP contribution in [0.5, 0.6) is 0 Å². The number of oxazole rings is 1. The maximum Gasteiger partial charge on any atom is 0.257 e. The average molecular weight is 540 g/mol. The summed E-state index contributed by atoms with van der Waals surface area (Å²) in [6, 6.07) is 9.27. The highest BCUT2D eigenvalue weighted by molar-refractivity contribution is 7.99. The highest BCUT2D eigenvalue weighted by Crippen LogP contribution is 2.29. The molecule has 1 N–H and O–H groups in total. The fourth-order valence-corrected chi connectivity index (χ4v) is 6.67. The molecule has 2 aromatic carbocycles. The Bertz CT molecular complexity index is 1460. The molecule has 0 atom stereocenters. The van der Waals surface area contributed by atoms with Crippen LogP contribution in [-0.4, -0.2) is 69.8 Å². The Morgan fingerprint density at radius 2 is 1.86 bits per heavy atom. The maximum absolute atomic E-state index is 13.2. The van der Waals surface area contributed by atoms with Gasteiger partial charge in [-0.05, 0) is 42.8 Å². The number of nitrogens with one attached hydrogen (secondary N) is 1. The monoisotopic (exact) mass is 539 g/mol. The molecule has 0 spiro atoms. The van der Waals surface area contributed by atoms with Gasteiger partial charge in [0.05, 0.1) is 35.3 Å². The van der Waals surface area contributed by atoms with Crippen molar-refractivity contribution in [3.63, 3.8) is 0 Å². The predicted molar refractivity (Wildman–Crippen MR) is 132 cm³/mol. The Balaban J connectivity index is 1.48. The van der Waals surface area contributed by atoms with Crippen molar-refractivity contribution in [2.24, 2.45) is 0 Å². The zero-order chi connectivity index (χ0) is 25.2. The van der Waals surface area contributed by atoms with Gasteiger partial charge < -0.3 is 14.5 Å². The lowest BCUT2D eigenvalue weighted by molar-refractivity contribution is -0.113. The molecule has 1 aliphatic heterocycles. The van der Waals surface area contributed by atoms with Crippen molar-refractivity contribution in [3.8, 4) is 0 Å². The SMILES string of the molecule is CCS(=O)(=O)c1ccc2oc(SCC(=O)Nc3ccc(C)cc3S(=O)(=O)N3CCOCC3)nc2c1. The minimum atomic E-state index is -3.81. The fraction of sp³-hybridized carbons (Fsp3) is 0.364. The quantitative estimate of drug-likeness (QED) is 0.429. The number of anilines is 1. The molecule has 4 rings (SSSR count). The lowest BCUT2D eigenvalue weighted by atomic mass is 10.2. The summed E-state index contributed by atoms with van der Waals surface area (Å²) in [5, 5.41) is 2.88. The number of carbonyl (C=O) groups is 1. The molecule has 0 saturated carbocycles. The van der Waals surface area contributed by atoms with Crippen LogP contribution in [-0.2, 0) is 29.4 Å². The van der Waals surface area contributed by atoms with E-state index in [-0.39, 0.29) is 45.3 Å². The van der Waals surface area contributed by atoms with Gasteiger partial charge in [-0.1, -0.05) is 24.8 Å². The number of aryl methyl sites for hydroxylation is 1. The molecule has 0 aliphatic carbocycles. The lowest BCUT2D eigenvalue weighted by Gasteiger charge is -2.27. The van der Waals surface area contributed by atoms with E-state index in [2.05, 4.69) is 10.3 Å². The van der Waals surface area contributed by atoms with Crippen LogP contribution in [0.3, 0.4) is 0 Å². The third-order valence-corrected chi connectivity index (χ3v) is 9.90. The van der Waals surface area contributed by atoms with E-state index in [0.29, 0.717) is 24.3 Å². The molecule has 1 saturated heterocycles. The molecule has 1 aliphatic rings. The molecule has 1 amide bonds. The van der Waals surface area contributed by atoms with Gasteiger partial charge in [0, 0.05) is 13.1 Å². The summed E-state index contributed by atoms with van der Waals surface area (Å²) in [7, 11) is -7.19. The van der Waals surface area contributed by atoms with Crippen LogP contribution < -0.4 is 5.32 Å². The number of hydrogen-bond donors (Lipinski definition) is 1. The molecule has 0 unspecified atom stereocenters. The highest BCUT2D eigenvalue weighted by Gasteiger charge is 2.29. The zero-order valence-corrected chi connectivity index (χ0v) is 21.6. The molecule has 188 valence electrons. The predicted octanol–water partition coefficient (Wildman–Crippen LogP) is 2.68. The number of thioether (sulfide) groups is 1. The van der Waals surface area contributed by atoms with Gasteiger partial charge >= 0.3 is 0 Å². The standard InChI is InChI=1S/C22H25N3O7S3/c1-3-34(27,28)16-5-7-19-18(13-16)24-22(32-19)33-14-21(26)23-17-6-4-15(2)12-20(17)35(29,30)25-8-10-31-11-9-25/h4-7,12-13H,3,8-11,14H2,1-2H3,(H,23,26). The Hall–Kier alpha value is -2.45. The normalized spacial score (nSPS) is 15.4. The van der Waals surface area contributed by atoms with Crippen LogP contribution in [0, 0.1) is 6.92 Å². The molecule has 0 bridgehead atoms. The highest BCUT2D eigenvalue weighted by atomic mass is 32.2. The molecule has 13 heteroatoms. The summed E-state index contributed by atoms with van der Waals surface area (Å²) in [4.78, 5) is 17.1. The molecular formula is C22H25N3O7S3. The molecule has 0 radical (unpaired) electrons. The Morgan fingerprint density at radius 1 is 1.11 bits per heavy atom. The summed E-state index contributed by atoms with van der Waals surface area (Å²) in [6.07, 6.45) is 0. The molecule has 3 aromatic rings. The second-order valence-corrected chi connectivity index (χ2v) is 13.0. The maximum atomic E-state index is 13.2. The van der Waals surface area contributed by atoms with E-state index >= 15 is 0 Å². The van der Waals surface area contributed by atoms with Crippen LogP contribution in [0.1, 0.15) is 12.5 Å². The second kappa shape index (κ2) is 10.3. The summed E-state index contributed by atoms with van der Waals surface area (Å²) in [5.74, 6) is -0.549. The molecule has 10 nitrogen and oxygen atoms in total. The smallest absolute Gasteiger partial charge is 0.257 e. The molecular weight excluding hydrogens is 514 g/mol. The molecule has 1 fully saturated rings. The number of sulfone groups is 1. The third-order valence-electron chi connectivity index (χ3n) is 5.40. The number of sulfonamides is 1. The van der Waals surface area contributed by atoms with Crippen molar-refractivity contribution in [3.05, 3.63) is 42.0 Å². The van der Waals surface area contributed by atoms with Crippen LogP contribution in [0.4, 0.5) is 5.69 Å². The van der Waals surface area contributed by atoms with Crippen molar-refractivity contribution in [2.75, 3.05) is 43.1 Å². The van der Waals surface area contributed by atoms with E-state index in [1.807, 2.05) is 0 Å². The van der Waals surface area contributed by atoms with Crippen molar-refractivity contribution >= 4 is 54.3 Å². The van der Waals surface area contributed by atoms with Gasteiger partial charge in [-0.2, -0.15) is 4.31 Å². The molecule has 1 aromatic heterocycles. The topological polar surface area (TPSA) is 136 Å². The van der Waals surface area contributed by atoms with Gasteiger partial charge in [-0.3, -0.25) is 4.79 Å². The summed E-state index contributed by atoms with van der Waals surface area (Å²) in [6.45, 7) is 4.48. The Labute approximate surface area is 208 Å². The number of hydrogen-bond acceptors (Lipinski definition) is 9. The average Bonchev–Trinajstić information content (AvgIpc) is 3.26. The molecule has 35 heavy (non-hydrogen) atoms. The van der Waals surface area contributed by atoms with Gasteiger partial charge in [0.15, 0.2) is 15.4 Å².